The van der Waals surface area contributed by atoms with Crippen LogP contribution in [0, 0.1) is 25.2 Å². The van der Waals surface area contributed by atoms with Gasteiger partial charge in [0.2, 0.25) is 5.91 Å². The van der Waals surface area contributed by atoms with E-state index in [9.17, 15) is 24.8 Å². The highest BCUT2D eigenvalue weighted by Crippen LogP contribution is 2.31. The van der Waals surface area contributed by atoms with Crippen molar-refractivity contribution >= 4 is 35.2 Å². The number of halogens is 1. The highest BCUT2D eigenvalue weighted by Gasteiger charge is 2.35. The highest BCUT2D eigenvalue weighted by atomic mass is 35.5. The van der Waals surface area contributed by atoms with Crippen LogP contribution in [0.1, 0.15) is 50.4 Å². The van der Waals surface area contributed by atoms with Crippen LogP contribution in [0.25, 0.3) is 0 Å². The molecule has 10 heteroatoms. The smallest absolute Gasteiger partial charge is 0.408 e. The quantitative estimate of drug-likeness (QED) is 0.462. The zero-order chi connectivity index (χ0) is 27.2. The largest absolute Gasteiger partial charge is 0.508 e. The Bertz CT molecular complexity index is 1170. The van der Waals surface area contributed by atoms with Gasteiger partial charge >= 0.3 is 6.09 Å². The maximum Gasteiger partial charge on any atom is 0.408 e. The lowest BCUT2D eigenvalue weighted by molar-refractivity contribution is -0.139. The van der Waals surface area contributed by atoms with Crippen molar-refractivity contribution in [1.29, 1.82) is 5.26 Å². The minimum Gasteiger partial charge on any atom is -0.508 e. The number of amides is 3. The predicted molar refractivity (Wildman–Crippen MR) is 137 cm³/mol. The summed E-state index contributed by atoms with van der Waals surface area (Å²) in [5, 5.41) is 25.0. The molecule has 36 heavy (non-hydrogen) atoms. The number of hydrogen-bond acceptors (Lipinski definition) is 6. The van der Waals surface area contributed by atoms with Crippen LogP contribution in [0.5, 0.6) is 5.75 Å². The molecule has 2 rings (SSSR count). The fourth-order valence-corrected chi connectivity index (χ4v) is 3.74. The number of rotatable bonds is 7. The summed E-state index contributed by atoms with van der Waals surface area (Å²) in [4.78, 5) is 40.4. The fourth-order valence-electron chi connectivity index (χ4n) is 3.47. The summed E-state index contributed by atoms with van der Waals surface area (Å²) in [6.07, 6.45) is -0.812. The zero-order valence-corrected chi connectivity index (χ0v) is 21.9. The molecule has 0 bridgehead atoms. The molecule has 9 nitrogen and oxygen atoms in total. The lowest BCUT2D eigenvalue weighted by Crippen LogP contribution is -2.51. The Morgan fingerprint density at radius 3 is 2.39 bits per heavy atom. The Labute approximate surface area is 216 Å². The van der Waals surface area contributed by atoms with Gasteiger partial charge in [-0.15, -0.1) is 0 Å². The van der Waals surface area contributed by atoms with E-state index in [1.807, 2.05) is 6.07 Å². The van der Waals surface area contributed by atoms with E-state index in [4.69, 9.17) is 16.3 Å². The predicted octanol–water partition coefficient (Wildman–Crippen LogP) is 4.61. The van der Waals surface area contributed by atoms with Crippen LogP contribution >= 0.6 is 11.6 Å². The van der Waals surface area contributed by atoms with E-state index in [0.717, 1.165) is 4.90 Å². The number of alkyl carbamates (subject to hydrolysis) is 1. The number of carbonyl (C=O) groups excluding carboxylic acids is 3. The first-order chi connectivity index (χ1) is 16.7. The summed E-state index contributed by atoms with van der Waals surface area (Å²) < 4.78 is 5.22. The van der Waals surface area contributed by atoms with Crippen molar-refractivity contribution in [3.63, 3.8) is 0 Å². The number of para-hydroxylation sites is 1. The third-order valence-electron chi connectivity index (χ3n) is 5.19. The number of phenols is 1. The molecule has 0 spiro atoms. The number of hydrogen-bond donors (Lipinski definition) is 3. The molecule has 0 aliphatic heterocycles. The van der Waals surface area contributed by atoms with Crippen LogP contribution in [0.15, 0.2) is 36.4 Å². The number of aryl methyl sites for hydroxylation is 2. The molecule has 2 unspecified atom stereocenters. The second kappa shape index (κ2) is 11.8. The molecule has 0 aliphatic rings. The lowest BCUT2D eigenvalue weighted by Gasteiger charge is -2.32. The van der Waals surface area contributed by atoms with Crippen LogP contribution in [0.3, 0.4) is 0 Å². The molecule has 0 fully saturated rings. The molecule has 0 aromatic heterocycles. The maximum atomic E-state index is 13.6. The molecule has 0 aliphatic carbocycles. The average molecular weight is 515 g/mol. The third-order valence-corrected chi connectivity index (χ3v) is 5.51. The highest BCUT2D eigenvalue weighted by molar-refractivity contribution is 6.34. The minimum absolute atomic E-state index is 0.0120. The number of anilines is 1. The van der Waals surface area contributed by atoms with Crippen LogP contribution < -0.4 is 10.6 Å². The van der Waals surface area contributed by atoms with E-state index in [1.54, 1.807) is 58.9 Å². The normalized spacial score (nSPS) is 12.6. The van der Waals surface area contributed by atoms with Crippen molar-refractivity contribution in [2.75, 3.05) is 11.9 Å². The molecule has 3 N–H and O–H groups in total. The molecular weight excluding hydrogens is 484 g/mol. The third kappa shape index (κ3) is 7.36. The Kier molecular flexibility index (Phi) is 9.31. The van der Waals surface area contributed by atoms with Crippen LogP contribution in [0.2, 0.25) is 5.02 Å². The second-order valence-corrected chi connectivity index (χ2v) is 9.77. The first-order valence-electron chi connectivity index (χ1n) is 11.3. The van der Waals surface area contributed by atoms with Crippen LogP contribution in [0.4, 0.5) is 10.5 Å². The molecule has 0 saturated carbocycles. The average Bonchev–Trinajstić information content (AvgIpc) is 2.76. The van der Waals surface area contributed by atoms with Gasteiger partial charge in [0.15, 0.2) is 0 Å². The number of benzene rings is 2. The number of nitrogens with one attached hydrogen (secondary N) is 2. The number of nitrogens with zero attached hydrogens (tertiary/aromatic N) is 2. The van der Waals surface area contributed by atoms with Crippen molar-refractivity contribution in [3.8, 4) is 11.8 Å². The molecule has 0 heterocycles. The van der Waals surface area contributed by atoms with Crippen molar-refractivity contribution in [3.05, 3.63) is 58.1 Å². The molecule has 192 valence electrons. The first-order valence-corrected chi connectivity index (χ1v) is 11.7. The van der Waals surface area contributed by atoms with Crippen molar-refractivity contribution in [2.24, 2.45) is 0 Å². The number of ether oxygens (including phenoxy) is 1. The van der Waals surface area contributed by atoms with Gasteiger partial charge in [-0.05, 0) is 76.4 Å². The molecule has 2 aromatic carbocycles. The van der Waals surface area contributed by atoms with Gasteiger partial charge in [-0.1, -0.05) is 29.8 Å². The Morgan fingerprint density at radius 2 is 1.83 bits per heavy atom. The van der Waals surface area contributed by atoms with Gasteiger partial charge in [0.25, 0.3) is 5.91 Å². The number of phenolic OH excluding ortho intramolecular Hbond substituents is 1. The number of aromatic hydroxyl groups is 1. The maximum absolute atomic E-state index is 13.6. The van der Waals surface area contributed by atoms with E-state index in [0.29, 0.717) is 27.4 Å². The van der Waals surface area contributed by atoms with Crippen molar-refractivity contribution < 1.29 is 24.2 Å². The van der Waals surface area contributed by atoms with E-state index in [1.165, 1.54) is 19.1 Å². The SMILES string of the molecule is Cc1cc(C(C(=O)Nc2c(C)cccc2Cl)N(CC#N)C(=O)C(C)NC(=O)OC(C)(C)C)ccc1O. The van der Waals surface area contributed by atoms with Crippen molar-refractivity contribution in [2.45, 2.75) is 59.2 Å². The summed E-state index contributed by atoms with van der Waals surface area (Å²) in [5.74, 6) is -1.29. The van der Waals surface area contributed by atoms with Gasteiger partial charge in [0.1, 0.15) is 30.0 Å². The molecule has 0 radical (unpaired) electrons. The van der Waals surface area contributed by atoms with Crippen LogP contribution in [-0.2, 0) is 14.3 Å². The second-order valence-electron chi connectivity index (χ2n) is 9.36. The van der Waals surface area contributed by atoms with Crippen molar-refractivity contribution in [1.82, 2.24) is 10.2 Å². The standard InChI is InChI=1S/C26H31ClN4O5/c1-15-8-7-9-19(27)21(15)30-23(33)22(18-10-11-20(32)16(2)14-18)31(13-12-28)24(34)17(3)29-25(35)36-26(4,5)6/h7-11,14,17,22,32H,13H2,1-6H3,(H,29,35)(H,30,33). The van der Waals surface area contributed by atoms with E-state index in [2.05, 4.69) is 10.6 Å². The number of nitriles is 1. The monoisotopic (exact) mass is 514 g/mol. The molecular formula is C26H31ClN4O5. The summed E-state index contributed by atoms with van der Waals surface area (Å²) in [6, 6.07) is 9.13. The number of carbonyl (C=O) groups is 3. The van der Waals surface area contributed by atoms with E-state index in [-0.39, 0.29) is 5.75 Å². The summed E-state index contributed by atoms with van der Waals surface area (Å²) in [5.41, 5.74) is 1.13. The minimum atomic E-state index is -1.27. The van der Waals surface area contributed by atoms with Gasteiger partial charge in [0.05, 0.1) is 16.8 Å². The zero-order valence-electron chi connectivity index (χ0n) is 21.2. The topological polar surface area (TPSA) is 132 Å². The van der Waals surface area contributed by atoms with E-state index >= 15 is 0 Å². The lowest BCUT2D eigenvalue weighted by atomic mass is 10.00. The Balaban J connectivity index is 2.49. The fraction of sp³-hybridized carbons (Fsp3) is 0.385. The molecule has 0 saturated heterocycles. The first kappa shape index (κ1) is 28.5. The molecule has 3 amide bonds. The molecule has 2 aromatic rings. The van der Waals surface area contributed by atoms with Gasteiger partial charge < -0.3 is 25.4 Å². The summed E-state index contributed by atoms with van der Waals surface area (Å²) >= 11 is 6.29. The van der Waals surface area contributed by atoms with Gasteiger partial charge in [-0.2, -0.15) is 5.26 Å². The van der Waals surface area contributed by atoms with Gasteiger partial charge in [-0.3, -0.25) is 9.59 Å². The van der Waals surface area contributed by atoms with Gasteiger partial charge in [0, 0.05) is 0 Å². The summed E-state index contributed by atoms with van der Waals surface area (Å²) in [6.45, 7) is 9.47. The summed E-state index contributed by atoms with van der Waals surface area (Å²) in [7, 11) is 0. The Hall–Kier alpha value is -3.77. The van der Waals surface area contributed by atoms with Crippen LogP contribution in [-0.4, -0.2) is 46.1 Å². The van der Waals surface area contributed by atoms with E-state index < -0.39 is 42.1 Å². The Morgan fingerprint density at radius 1 is 1.17 bits per heavy atom. The molecule has 2 atom stereocenters. The van der Waals surface area contributed by atoms with Gasteiger partial charge in [-0.25, -0.2) is 4.79 Å².